The average Bonchev–Trinajstić information content (AvgIpc) is 2.48. The van der Waals surface area contributed by atoms with Crippen LogP contribution >= 0.6 is 0 Å². The SMILES string of the molecule is CCc1ccc(CC(=O)C2(OC)CCCCC2)nc1. The highest BCUT2D eigenvalue weighted by Gasteiger charge is 2.39. The molecular weight excluding hydrogens is 238 g/mol. The van der Waals surface area contributed by atoms with Gasteiger partial charge < -0.3 is 4.74 Å². The number of ether oxygens (including phenoxy) is 1. The average molecular weight is 261 g/mol. The van der Waals surface area contributed by atoms with Crippen LogP contribution in [0.4, 0.5) is 0 Å². The molecule has 1 heterocycles. The molecule has 1 aromatic heterocycles. The predicted molar refractivity (Wildman–Crippen MR) is 75.2 cm³/mol. The Balaban J connectivity index is 2.05. The normalized spacial score (nSPS) is 18.2. The van der Waals surface area contributed by atoms with E-state index in [1.165, 1.54) is 12.0 Å². The van der Waals surface area contributed by atoms with E-state index in [9.17, 15) is 4.79 Å². The predicted octanol–water partition coefficient (Wildman–Crippen LogP) is 3.10. The lowest BCUT2D eigenvalue weighted by atomic mass is 9.80. The number of aryl methyl sites for hydroxylation is 1. The van der Waals surface area contributed by atoms with E-state index in [-0.39, 0.29) is 5.78 Å². The van der Waals surface area contributed by atoms with Gasteiger partial charge in [0.05, 0.1) is 6.42 Å². The fourth-order valence-corrected chi connectivity index (χ4v) is 2.81. The van der Waals surface area contributed by atoms with Gasteiger partial charge in [0.1, 0.15) is 5.60 Å². The van der Waals surface area contributed by atoms with Crippen molar-refractivity contribution in [1.82, 2.24) is 4.98 Å². The minimum absolute atomic E-state index is 0.187. The topological polar surface area (TPSA) is 39.2 Å². The number of hydrogen-bond acceptors (Lipinski definition) is 3. The molecule has 2 rings (SSSR count). The summed E-state index contributed by atoms with van der Waals surface area (Å²) in [5.74, 6) is 0.187. The molecule has 1 saturated carbocycles. The summed E-state index contributed by atoms with van der Waals surface area (Å²) in [6, 6.07) is 4.01. The highest BCUT2D eigenvalue weighted by molar-refractivity contribution is 5.89. The maximum Gasteiger partial charge on any atom is 0.170 e. The number of rotatable bonds is 5. The van der Waals surface area contributed by atoms with Crippen LogP contribution in [0.1, 0.15) is 50.3 Å². The van der Waals surface area contributed by atoms with E-state index in [0.717, 1.165) is 37.8 Å². The number of methoxy groups -OCH3 is 1. The highest BCUT2D eigenvalue weighted by atomic mass is 16.5. The van der Waals surface area contributed by atoms with Crippen LogP contribution in [-0.2, 0) is 22.4 Å². The maximum atomic E-state index is 12.5. The molecule has 1 aromatic rings. The number of nitrogens with zero attached hydrogens (tertiary/aromatic N) is 1. The van der Waals surface area contributed by atoms with Crippen LogP contribution in [-0.4, -0.2) is 23.5 Å². The van der Waals surface area contributed by atoms with Gasteiger partial charge in [-0.3, -0.25) is 9.78 Å². The van der Waals surface area contributed by atoms with Crippen molar-refractivity contribution in [2.45, 2.75) is 57.5 Å². The second kappa shape index (κ2) is 6.29. The molecule has 1 aliphatic carbocycles. The summed E-state index contributed by atoms with van der Waals surface area (Å²) >= 11 is 0. The number of aromatic nitrogens is 1. The number of pyridine rings is 1. The third kappa shape index (κ3) is 3.21. The molecular formula is C16H23NO2. The van der Waals surface area contributed by atoms with E-state index in [4.69, 9.17) is 4.74 Å². The Kier molecular flexibility index (Phi) is 4.70. The van der Waals surface area contributed by atoms with Crippen LogP contribution in [0.2, 0.25) is 0 Å². The van der Waals surface area contributed by atoms with Gasteiger partial charge in [0, 0.05) is 19.0 Å². The van der Waals surface area contributed by atoms with Crippen molar-refractivity contribution in [2.75, 3.05) is 7.11 Å². The molecule has 0 aromatic carbocycles. The first-order chi connectivity index (χ1) is 9.20. The largest absolute Gasteiger partial charge is 0.370 e. The minimum Gasteiger partial charge on any atom is -0.370 e. The van der Waals surface area contributed by atoms with E-state index in [1.54, 1.807) is 7.11 Å². The van der Waals surface area contributed by atoms with Crippen LogP contribution in [0.25, 0.3) is 0 Å². The molecule has 3 nitrogen and oxygen atoms in total. The summed E-state index contributed by atoms with van der Waals surface area (Å²) in [6.07, 6.45) is 8.32. The zero-order valence-corrected chi connectivity index (χ0v) is 11.9. The van der Waals surface area contributed by atoms with Gasteiger partial charge in [-0.1, -0.05) is 32.3 Å². The van der Waals surface area contributed by atoms with E-state index in [1.807, 2.05) is 12.3 Å². The number of hydrogen-bond donors (Lipinski definition) is 0. The van der Waals surface area contributed by atoms with E-state index < -0.39 is 5.60 Å². The lowest BCUT2D eigenvalue weighted by molar-refractivity contribution is -0.144. The molecule has 0 bridgehead atoms. The molecule has 1 aliphatic rings. The van der Waals surface area contributed by atoms with Crippen molar-refractivity contribution < 1.29 is 9.53 Å². The van der Waals surface area contributed by atoms with Gasteiger partial charge in [0.2, 0.25) is 0 Å². The van der Waals surface area contributed by atoms with Crippen LogP contribution in [0, 0.1) is 0 Å². The zero-order valence-electron chi connectivity index (χ0n) is 11.9. The fourth-order valence-electron chi connectivity index (χ4n) is 2.81. The Labute approximate surface area is 115 Å². The lowest BCUT2D eigenvalue weighted by Gasteiger charge is -2.34. The highest BCUT2D eigenvalue weighted by Crippen LogP contribution is 2.32. The fraction of sp³-hybridized carbons (Fsp3) is 0.625. The van der Waals surface area contributed by atoms with E-state index >= 15 is 0 Å². The third-order valence-electron chi connectivity index (χ3n) is 4.20. The van der Waals surface area contributed by atoms with Crippen LogP contribution in [0.15, 0.2) is 18.3 Å². The first-order valence-corrected chi connectivity index (χ1v) is 7.22. The molecule has 0 amide bonds. The molecule has 0 saturated heterocycles. The Bertz CT molecular complexity index is 419. The summed E-state index contributed by atoms with van der Waals surface area (Å²) < 4.78 is 5.58. The van der Waals surface area contributed by atoms with Crippen molar-refractivity contribution >= 4 is 5.78 Å². The maximum absolute atomic E-state index is 12.5. The first kappa shape index (κ1) is 14.2. The van der Waals surface area contributed by atoms with Crippen molar-refractivity contribution in [3.8, 4) is 0 Å². The van der Waals surface area contributed by atoms with Gasteiger partial charge in [0.15, 0.2) is 5.78 Å². The van der Waals surface area contributed by atoms with Crippen molar-refractivity contribution in [3.05, 3.63) is 29.6 Å². The molecule has 3 heteroatoms. The third-order valence-corrected chi connectivity index (χ3v) is 4.20. The summed E-state index contributed by atoms with van der Waals surface area (Å²) in [5, 5.41) is 0. The number of carbonyl (C=O) groups is 1. The van der Waals surface area contributed by atoms with Crippen LogP contribution in [0.5, 0.6) is 0 Å². The molecule has 104 valence electrons. The second-order valence-electron chi connectivity index (χ2n) is 5.37. The van der Waals surface area contributed by atoms with Gasteiger partial charge in [0.25, 0.3) is 0 Å². The summed E-state index contributed by atoms with van der Waals surface area (Å²) in [7, 11) is 1.66. The molecule has 0 N–H and O–H groups in total. The number of carbonyl (C=O) groups excluding carboxylic acids is 1. The summed E-state index contributed by atoms with van der Waals surface area (Å²) in [6.45, 7) is 2.10. The molecule has 19 heavy (non-hydrogen) atoms. The quantitative estimate of drug-likeness (QED) is 0.817. The Hall–Kier alpha value is -1.22. The Morgan fingerprint density at radius 2 is 2.05 bits per heavy atom. The van der Waals surface area contributed by atoms with Crippen molar-refractivity contribution in [1.29, 1.82) is 0 Å². The number of ketones is 1. The minimum atomic E-state index is -0.552. The molecule has 0 unspecified atom stereocenters. The smallest absolute Gasteiger partial charge is 0.170 e. The number of Topliss-reactive ketones (excluding diaryl/α,β-unsaturated/α-hetero) is 1. The van der Waals surface area contributed by atoms with E-state index in [0.29, 0.717) is 6.42 Å². The van der Waals surface area contributed by atoms with Gasteiger partial charge in [-0.25, -0.2) is 0 Å². The molecule has 1 fully saturated rings. The van der Waals surface area contributed by atoms with Crippen molar-refractivity contribution in [2.24, 2.45) is 0 Å². The molecule has 0 spiro atoms. The van der Waals surface area contributed by atoms with Gasteiger partial charge in [-0.05, 0) is 30.9 Å². The Morgan fingerprint density at radius 3 is 2.58 bits per heavy atom. The van der Waals surface area contributed by atoms with E-state index in [2.05, 4.69) is 18.0 Å². The molecule has 0 aliphatic heterocycles. The van der Waals surface area contributed by atoms with Gasteiger partial charge in [-0.15, -0.1) is 0 Å². The molecule has 0 radical (unpaired) electrons. The molecule has 0 atom stereocenters. The summed E-state index contributed by atoms with van der Waals surface area (Å²) in [4.78, 5) is 16.9. The van der Waals surface area contributed by atoms with Crippen LogP contribution < -0.4 is 0 Å². The standard InChI is InChI=1S/C16H23NO2/c1-3-13-7-8-14(17-12-13)11-15(18)16(19-2)9-5-4-6-10-16/h7-8,12H,3-6,9-11H2,1-2H3. The van der Waals surface area contributed by atoms with Gasteiger partial charge in [-0.2, -0.15) is 0 Å². The lowest BCUT2D eigenvalue weighted by Crippen LogP contribution is -2.43. The first-order valence-electron chi connectivity index (χ1n) is 7.22. The van der Waals surface area contributed by atoms with Gasteiger partial charge >= 0.3 is 0 Å². The van der Waals surface area contributed by atoms with Crippen LogP contribution in [0.3, 0.4) is 0 Å². The monoisotopic (exact) mass is 261 g/mol. The Morgan fingerprint density at radius 1 is 1.32 bits per heavy atom. The summed E-state index contributed by atoms with van der Waals surface area (Å²) in [5.41, 5.74) is 1.50. The second-order valence-corrected chi connectivity index (χ2v) is 5.37. The zero-order chi connectivity index (χ0) is 13.7. The van der Waals surface area contributed by atoms with Crippen molar-refractivity contribution in [3.63, 3.8) is 0 Å².